The summed E-state index contributed by atoms with van der Waals surface area (Å²) in [5, 5.41) is 4.64. The van der Waals surface area contributed by atoms with Crippen LogP contribution in [0.4, 0.5) is 5.00 Å². The van der Waals surface area contributed by atoms with E-state index in [1.807, 2.05) is 0 Å². The summed E-state index contributed by atoms with van der Waals surface area (Å²) in [5.41, 5.74) is 6.22. The third kappa shape index (κ3) is 1.58. The van der Waals surface area contributed by atoms with Gasteiger partial charge < -0.3 is 10.6 Å². The zero-order valence-electron chi connectivity index (χ0n) is 10.4. The SMILES string of the molecule is C[C@]1(N2Cc3c(csc3N)C2=O)CCC(=O)NC1=O. The van der Waals surface area contributed by atoms with Crippen molar-refractivity contribution in [3.63, 3.8) is 0 Å². The summed E-state index contributed by atoms with van der Waals surface area (Å²) in [6, 6.07) is 0. The Hall–Kier alpha value is -1.89. The van der Waals surface area contributed by atoms with Gasteiger partial charge >= 0.3 is 0 Å². The number of carbonyl (C=O) groups is 3. The summed E-state index contributed by atoms with van der Waals surface area (Å²) in [6.07, 6.45) is 0.589. The molecule has 0 saturated carbocycles. The molecule has 0 unspecified atom stereocenters. The summed E-state index contributed by atoms with van der Waals surface area (Å²) >= 11 is 1.34. The van der Waals surface area contributed by atoms with Crippen LogP contribution in [0.3, 0.4) is 0 Å². The summed E-state index contributed by atoms with van der Waals surface area (Å²) in [6.45, 7) is 2.03. The number of nitrogens with one attached hydrogen (secondary N) is 1. The number of amides is 3. The topological polar surface area (TPSA) is 92.5 Å². The maximum Gasteiger partial charge on any atom is 0.256 e. The quantitative estimate of drug-likeness (QED) is 0.731. The number of thiophene rings is 1. The monoisotopic (exact) mass is 279 g/mol. The summed E-state index contributed by atoms with van der Waals surface area (Å²) in [5.74, 6) is -0.887. The van der Waals surface area contributed by atoms with Gasteiger partial charge in [0.25, 0.3) is 11.8 Å². The van der Waals surface area contributed by atoms with E-state index in [0.717, 1.165) is 5.56 Å². The summed E-state index contributed by atoms with van der Waals surface area (Å²) in [7, 11) is 0. The van der Waals surface area contributed by atoms with Gasteiger partial charge in [0.05, 0.1) is 17.1 Å². The number of nitrogen functional groups attached to an aromatic ring is 1. The number of piperidine rings is 1. The second-order valence-corrected chi connectivity index (χ2v) is 5.95. The van der Waals surface area contributed by atoms with Crippen molar-refractivity contribution in [2.75, 3.05) is 5.73 Å². The van der Waals surface area contributed by atoms with Crippen molar-refractivity contribution in [2.24, 2.45) is 0 Å². The Balaban J connectivity index is 1.94. The number of anilines is 1. The van der Waals surface area contributed by atoms with E-state index in [-0.39, 0.29) is 18.2 Å². The predicted octanol–water partition coefficient (Wildman–Crippen LogP) is 0.481. The van der Waals surface area contributed by atoms with Gasteiger partial charge in [0, 0.05) is 17.4 Å². The minimum atomic E-state index is -0.978. The molecule has 0 aromatic carbocycles. The van der Waals surface area contributed by atoms with Crippen LogP contribution in [0.25, 0.3) is 0 Å². The molecule has 0 bridgehead atoms. The first-order valence-corrected chi connectivity index (χ1v) is 6.83. The van der Waals surface area contributed by atoms with E-state index in [9.17, 15) is 14.4 Å². The van der Waals surface area contributed by atoms with Crippen LogP contribution in [0, 0.1) is 0 Å². The zero-order chi connectivity index (χ0) is 13.8. The molecule has 6 nitrogen and oxygen atoms in total. The summed E-state index contributed by atoms with van der Waals surface area (Å²) in [4.78, 5) is 37.2. The van der Waals surface area contributed by atoms with Gasteiger partial charge in [-0.1, -0.05) is 0 Å². The highest BCUT2D eigenvalue weighted by atomic mass is 32.1. The minimum absolute atomic E-state index is 0.185. The van der Waals surface area contributed by atoms with Crippen molar-refractivity contribution in [3.05, 3.63) is 16.5 Å². The molecule has 3 N–H and O–H groups in total. The van der Waals surface area contributed by atoms with E-state index in [4.69, 9.17) is 5.73 Å². The molecule has 1 atom stereocenters. The minimum Gasteiger partial charge on any atom is -0.390 e. The van der Waals surface area contributed by atoms with Crippen LogP contribution in [-0.2, 0) is 16.1 Å². The molecule has 1 aromatic heterocycles. The first-order valence-electron chi connectivity index (χ1n) is 5.95. The normalized spacial score (nSPS) is 26.6. The molecular formula is C12H13N3O3S. The Bertz CT molecular complexity index is 609. The molecule has 0 aliphatic carbocycles. The molecule has 7 heteroatoms. The fourth-order valence-corrected chi connectivity index (χ4v) is 3.37. The van der Waals surface area contributed by atoms with Crippen LogP contribution in [0.15, 0.2) is 5.38 Å². The summed E-state index contributed by atoms with van der Waals surface area (Å²) < 4.78 is 0. The molecule has 1 saturated heterocycles. The Labute approximate surface area is 113 Å². The van der Waals surface area contributed by atoms with Crippen LogP contribution < -0.4 is 11.1 Å². The van der Waals surface area contributed by atoms with Crippen LogP contribution >= 0.6 is 11.3 Å². The predicted molar refractivity (Wildman–Crippen MR) is 69.4 cm³/mol. The lowest BCUT2D eigenvalue weighted by Crippen LogP contribution is -2.61. The number of fused-ring (bicyclic) bond motifs is 1. The van der Waals surface area contributed by atoms with E-state index < -0.39 is 11.4 Å². The first kappa shape index (κ1) is 12.2. The highest BCUT2D eigenvalue weighted by Crippen LogP contribution is 2.38. The molecular weight excluding hydrogens is 266 g/mol. The van der Waals surface area contributed by atoms with Gasteiger partial charge in [0.2, 0.25) is 5.91 Å². The Kier molecular flexibility index (Phi) is 2.43. The average molecular weight is 279 g/mol. The van der Waals surface area contributed by atoms with E-state index in [0.29, 0.717) is 23.5 Å². The third-order valence-electron chi connectivity index (χ3n) is 3.89. The van der Waals surface area contributed by atoms with Gasteiger partial charge in [-0.3, -0.25) is 19.7 Å². The number of nitrogens with zero attached hydrogens (tertiary/aromatic N) is 1. The molecule has 2 aliphatic heterocycles. The highest BCUT2D eigenvalue weighted by molar-refractivity contribution is 7.14. The van der Waals surface area contributed by atoms with Gasteiger partial charge in [-0.25, -0.2) is 0 Å². The molecule has 0 radical (unpaired) electrons. The largest absolute Gasteiger partial charge is 0.390 e. The molecule has 19 heavy (non-hydrogen) atoms. The molecule has 3 amide bonds. The van der Waals surface area contributed by atoms with Crippen molar-refractivity contribution in [2.45, 2.75) is 31.8 Å². The lowest BCUT2D eigenvalue weighted by atomic mass is 9.89. The van der Waals surface area contributed by atoms with E-state index in [1.54, 1.807) is 12.3 Å². The lowest BCUT2D eigenvalue weighted by Gasteiger charge is -2.39. The molecule has 3 rings (SSSR count). The van der Waals surface area contributed by atoms with E-state index in [2.05, 4.69) is 5.32 Å². The van der Waals surface area contributed by atoms with Crippen molar-refractivity contribution >= 4 is 34.1 Å². The Morgan fingerprint density at radius 2 is 2.16 bits per heavy atom. The first-order chi connectivity index (χ1) is 8.93. The Morgan fingerprint density at radius 1 is 1.42 bits per heavy atom. The van der Waals surface area contributed by atoms with Crippen LogP contribution in [0.2, 0.25) is 0 Å². The van der Waals surface area contributed by atoms with Crippen molar-refractivity contribution in [3.8, 4) is 0 Å². The van der Waals surface area contributed by atoms with Crippen LogP contribution in [0.5, 0.6) is 0 Å². The van der Waals surface area contributed by atoms with Crippen LogP contribution in [0.1, 0.15) is 35.7 Å². The van der Waals surface area contributed by atoms with Gasteiger partial charge in [0.1, 0.15) is 5.54 Å². The maximum absolute atomic E-state index is 12.4. The molecule has 100 valence electrons. The number of imide groups is 1. The maximum atomic E-state index is 12.4. The van der Waals surface area contributed by atoms with Gasteiger partial charge in [-0.15, -0.1) is 11.3 Å². The van der Waals surface area contributed by atoms with Gasteiger partial charge in [-0.2, -0.15) is 0 Å². The lowest BCUT2D eigenvalue weighted by molar-refractivity contribution is -0.142. The van der Waals surface area contributed by atoms with Crippen molar-refractivity contribution in [1.82, 2.24) is 10.2 Å². The third-order valence-corrected chi connectivity index (χ3v) is 4.75. The van der Waals surface area contributed by atoms with Gasteiger partial charge in [0.15, 0.2) is 0 Å². The fraction of sp³-hybridized carbons (Fsp3) is 0.417. The number of rotatable bonds is 1. The van der Waals surface area contributed by atoms with Gasteiger partial charge in [-0.05, 0) is 13.3 Å². The standard InChI is InChI=1S/C12H13N3O3S/c1-12(3-2-8(16)14-11(12)18)15-4-6-7(10(15)17)5-19-9(6)13/h5H,2-4,13H2,1H3,(H,14,16,18)/t12-/m0/s1. The van der Waals surface area contributed by atoms with E-state index in [1.165, 1.54) is 16.2 Å². The smallest absolute Gasteiger partial charge is 0.256 e. The number of hydrogen-bond donors (Lipinski definition) is 2. The van der Waals surface area contributed by atoms with E-state index >= 15 is 0 Å². The van der Waals surface area contributed by atoms with Crippen LogP contribution in [-0.4, -0.2) is 28.2 Å². The molecule has 2 aliphatic rings. The molecule has 1 fully saturated rings. The number of nitrogens with two attached hydrogens (primary N) is 1. The second-order valence-electron chi connectivity index (χ2n) is 5.03. The zero-order valence-corrected chi connectivity index (χ0v) is 11.2. The van der Waals surface area contributed by atoms with Crippen molar-refractivity contribution in [1.29, 1.82) is 0 Å². The highest BCUT2D eigenvalue weighted by Gasteiger charge is 2.49. The average Bonchev–Trinajstić information content (AvgIpc) is 2.87. The second kappa shape index (κ2) is 3.80. The number of hydrogen-bond acceptors (Lipinski definition) is 5. The molecule has 3 heterocycles. The fourth-order valence-electron chi connectivity index (χ4n) is 2.57. The molecule has 0 spiro atoms. The molecule has 1 aromatic rings. The Morgan fingerprint density at radius 3 is 2.79 bits per heavy atom. The van der Waals surface area contributed by atoms with Crippen molar-refractivity contribution < 1.29 is 14.4 Å². The number of carbonyl (C=O) groups excluding carboxylic acids is 3.